The van der Waals surface area contributed by atoms with E-state index in [0.717, 1.165) is 0 Å². The second-order valence-corrected chi connectivity index (χ2v) is 6.53. The molecule has 2 aromatic carbocycles. The van der Waals surface area contributed by atoms with Crippen molar-refractivity contribution in [1.82, 2.24) is 0 Å². The maximum absolute atomic E-state index is 12.4. The molecule has 5 nitrogen and oxygen atoms in total. The first-order chi connectivity index (χ1) is 10.9. The van der Waals surface area contributed by atoms with Gasteiger partial charge < -0.3 is 14.6 Å². The molecule has 7 heteroatoms. The molecule has 0 unspecified atom stereocenters. The van der Waals surface area contributed by atoms with Crippen molar-refractivity contribution < 1.29 is 19.4 Å². The van der Waals surface area contributed by atoms with Crippen LogP contribution in [0.25, 0.3) is 22.3 Å². The van der Waals surface area contributed by atoms with Crippen molar-refractivity contribution in [2.24, 2.45) is 0 Å². The summed E-state index contributed by atoms with van der Waals surface area (Å²) in [6.07, 6.45) is 0. The fourth-order valence-electron chi connectivity index (χ4n) is 2.17. The van der Waals surface area contributed by atoms with Gasteiger partial charge in [-0.2, -0.15) is 0 Å². The lowest BCUT2D eigenvalue weighted by molar-refractivity contribution is 0.0697. The van der Waals surface area contributed by atoms with Gasteiger partial charge in [0.15, 0.2) is 11.3 Å². The van der Waals surface area contributed by atoms with Crippen molar-refractivity contribution in [3.63, 3.8) is 0 Å². The van der Waals surface area contributed by atoms with Gasteiger partial charge in [0.2, 0.25) is 11.2 Å². The summed E-state index contributed by atoms with van der Waals surface area (Å²) in [7, 11) is 0. The molecular formula is C16H8Br2O5. The Balaban J connectivity index is 2.28. The minimum atomic E-state index is -1.06. The van der Waals surface area contributed by atoms with Crippen molar-refractivity contribution in [3.8, 4) is 17.1 Å². The number of carboxylic acid groups (broad SMARTS) is 1. The Labute approximate surface area is 146 Å². The number of rotatable bonds is 2. The second kappa shape index (κ2) is 5.82. The molecule has 1 aromatic heterocycles. The van der Waals surface area contributed by atoms with E-state index in [0.29, 0.717) is 20.1 Å². The van der Waals surface area contributed by atoms with Crippen molar-refractivity contribution in [3.05, 3.63) is 61.1 Å². The van der Waals surface area contributed by atoms with Crippen LogP contribution in [0.15, 0.2) is 54.6 Å². The third-order valence-electron chi connectivity index (χ3n) is 3.28. The highest BCUT2D eigenvalue weighted by Crippen LogP contribution is 2.34. The van der Waals surface area contributed by atoms with Crippen LogP contribution in [-0.2, 0) is 0 Å². The molecule has 23 heavy (non-hydrogen) atoms. The van der Waals surface area contributed by atoms with Crippen LogP contribution in [-0.4, -0.2) is 16.2 Å². The van der Waals surface area contributed by atoms with Crippen LogP contribution in [0.5, 0.6) is 5.75 Å². The van der Waals surface area contributed by atoms with Gasteiger partial charge in [0.1, 0.15) is 0 Å². The molecule has 0 spiro atoms. The van der Waals surface area contributed by atoms with Crippen LogP contribution in [0.1, 0.15) is 10.4 Å². The van der Waals surface area contributed by atoms with E-state index in [9.17, 15) is 14.7 Å². The maximum Gasteiger partial charge on any atom is 0.335 e. The van der Waals surface area contributed by atoms with Crippen LogP contribution in [0.2, 0.25) is 0 Å². The third kappa shape index (κ3) is 2.77. The molecule has 116 valence electrons. The summed E-state index contributed by atoms with van der Waals surface area (Å²) >= 11 is 6.60. The summed E-state index contributed by atoms with van der Waals surface area (Å²) in [5, 5.41) is 19.3. The van der Waals surface area contributed by atoms with E-state index >= 15 is 0 Å². The Morgan fingerprint density at radius 2 is 1.74 bits per heavy atom. The molecule has 0 saturated carbocycles. The van der Waals surface area contributed by atoms with Crippen molar-refractivity contribution in [2.75, 3.05) is 0 Å². The lowest BCUT2D eigenvalue weighted by Gasteiger charge is -2.08. The summed E-state index contributed by atoms with van der Waals surface area (Å²) in [4.78, 5) is 23.2. The van der Waals surface area contributed by atoms with Gasteiger partial charge in [-0.25, -0.2) is 4.79 Å². The number of carbonyl (C=O) groups is 1. The number of hydrogen-bond donors (Lipinski definition) is 2. The first-order valence-electron chi connectivity index (χ1n) is 6.37. The largest absolute Gasteiger partial charge is 0.502 e. The average Bonchev–Trinajstić information content (AvgIpc) is 2.51. The highest BCUT2D eigenvalue weighted by molar-refractivity contribution is 9.11. The number of aromatic carboxylic acids is 1. The summed E-state index contributed by atoms with van der Waals surface area (Å²) in [6, 6.07) is 8.97. The molecule has 2 N–H and O–H groups in total. The number of hydrogen-bond acceptors (Lipinski definition) is 4. The predicted molar refractivity (Wildman–Crippen MR) is 91.9 cm³/mol. The molecule has 0 aliphatic rings. The smallest absolute Gasteiger partial charge is 0.335 e. The number of halogens is 2. The Bertz CT molecular complexity index is 990. The first-order valence-corrected chi connectivity index (χ1v) is 7.95. The van der Waals surface area contributed by atoms with Crippen LogP contribution in [0.4, 0.5) is 0 Å². The van der Waals surface area contributed by atoms with E-state index in [1.807, 2.05) is 0 Å². The van der Waals surface area contributed by atoms with E-state index in [-0.39, 0.29) is 16.7 Å². The Kier molecular flexibility index (Phi) is 3.99. The molecule has 3 aromatic rings. The van der Waals surface area contributed by atoms with Gasteiger partial charge in [-0.05, 0) is 40.2 Å². The fourth-order valence-corrected chi connectivity index (χ4v) is 3.48. The highest BCUT2D eigenvalue weighted by atomic mass is 79.9. The van der Waals surface area contributed by atoms with E-state index in [1.165, 1.54) is 24.3 Å². The summed E-state index contributed by atoms with van der Waals surface area (Å²) in [5.74, 6) is -1.60. The molecule has 0 aliphatic heterocycles. The van der Waals surface area contributed by atoms with Gasteiger partial charge >= 0.3 is 5.97 Å². The lowest BCUT2D eigenvalue weighted by Crippen LogP contribution is -2.03. The molecule has 0 fully saturated rings. The van der Waals surface area contributed by atoms with E-state index in [1.54, 1.807) is 12.1 Å². The fraction of sp³-hybridized carbons (Fsp3) is 0. The number of fused-ring (bicyclic) bond motifs is 1. The summed E-state index contributed by atoms with van der Waals surface area (Å²) in [5.41, 5.74) is 0.238. The van der Waals surface area contributed by atoms with E-state index in [4.69, 9.17) is 9.52 Å². The van der Waals surface area contributed by atoms with Crippen molar-refractivity contribution >= 4 is 48.8 Å². The van der Waals surface area contributed by atoms with Crippen molar-refractivity contribution in [1.29, 1.82) is 0 Å². The predicted octanol–water partition coefficient (Wildman–Crippen LogP) is 4.39. The van der Waals surface area contributed by atoms with Gasteiger partial charge in [0.05, 0.1) is 15.4 Å². The zero-order valence-electron chi connectivity index (χ0n) is 11.3. The van der Waals surface area contributed by atoms with Gasteiger partial charge in [-0.1, -0.05) is 28.1 Å². The van der Waals surface area contributed by atoms with E-state index < -0.39 is 17.1 Å². The van der Waals surface area contributed by atoms with Gasteiger partial charge in [0, 0.05) is 10.0 Å². The lowest BCUT2D eigenvalue weighted by atomic mass is 10.1. The molecule has 0 bridgehead atoms. The van der Waals surface area contributed by atoms with Crippen molar-refractivity contribution in [2.45, 2.75) is 0 Å². The molecule has 0 aliphatic carbocycles. The average molecular weight is 440 g/mol. The molecule has 0 saturated heterocycles. The topological polar surface area (TPSA) is 87.7 Å². The number of aromatic hydroxyl groups is 1. The Morgan fingerprint density at radius 1 is 1.09 bits per heavy atom. The Hall–Kier alpha value is -2.12. The highest BCUT2D eigenvalue weighted by Gasteiger charge is 2.17. The van der Waals surface area contributed by atoms with E-state index in [2.05, 4.69) is 31.9 Å². The van der Waals surface area contributed by atoms with Crippen LogP contribution >= 0.6 is 31.9 Å². The number of benzene rings is 2. The van der Waals surface area contributed by atoms with Gasteiger partial charge in [-0.3, -0.25) is 4.79 Å². The second-order valence-electron chi connectivity index (χ2n) is 4.76. The molecule has 0 atom stereocenters. The number of carboxylic acids is 1. The minimum absolute atomic E-state index is 0.0116. The standard InChI is InChI=1S/C16H8Br2O5/c17-9-5-10-12(19)13(20)14(23-15(10)11(18)6-9)7-1-3-8(4-2-7)16(21)22/h1-6,20H,(H,21,22). The monoisotopic (exact) mass is 438 g/mol. The maximum atomic E-state index is 12.4. The normalized spacial score (nSPS) is 10.9. The zero-order valence-corrected chi connectivity index (χ0v) is 14.5. The van der Waals surface area contributed by atoms with Gasteiger partial charge in [-0.15, -0.1) is 0 Å². The van der Waals surface area contributed by atoms with Crippen LogP contribution < -0.4 is 5.43 Å². The molecule has 0 amide bonds. The zero-order chi connectivity index (χ0) is 16.7. The third-order valence-corrected chi connectivity index (χ3v) is 4.33. The summed E-state index contributed by atoms with van der Waals surface area (Å²) < 4.78 is 6.91. The van der Waals surface area contributed by atoms with Crippen LogP contribution in [0.3, 0.4) is 0 Å². The van der Waals surface area contributed by atoms with Crippen LogP contribution in [0, 0.1) is 0 Å². The molecule has 3 rings (SSSR count). The molecule has 0 radical (unpaired) electrons. The SMILES string of the molecule is O=C(O)c1ccc(-c2oc3c(Br)cc(Br)cc3c(=O)c2O)cc1. The first kappa shape index (κ1) is 15.8. The van der Waals surface area contributed by atoms with Gasteiger partial charge in [0.25, 0.3) is 0 Å². The quantitative estimate of drug-likeness (QED) is 0.618. The Morgan fingerprint density at radius 3 is 2.35 bits per heavy atom. The molecular weight excluding hydrogens is 432 g/mol. The minimum Gasteiger partial charge on any atom is -0.502 e. The molecule has 1 heterocycles. The summed E-state index contributed by atoms with van der Waals surface area (Å²) in [6.45, 7) is 0.